The lowest BCUT2D eigenvalue weighted by Crippen LogP contribution is -2.21. The van der Waals surface area contributed by atoms with Crippen LogP contribution in [-0.4, -0.2) is 18.1 Å². The van der Waals surface area contributed by atoms with Gasteiger partial charge >= 0.3 is 0 Å². The van der Waals surface area contributed by atoms with Crippen LogP contribution in [0, 0.1) is 5.92 Å². The second-order valence-electron chi connectivity index (χ2n) is 8.44. The molecule has 0 saturated heterocycles. The lowest BCUT2D eigenvalue weighted by atomic mass is 10.0. The molecule has 6 nitrogen and oxygen atoms in total. The summed E-state index contributed by atoms with van der Waals surface area (Å²) in [5.41, 5.74) is 4.22. The molecule has 2 aromatic carbocycles. The fourth-order valence-electron chi connectivity index (χ4n) is 3.51. The van der Waals surface area contributed by atoms with Crippen LogP contribution in [0.5, 0.6) is 0 Å². The van der Waals surface area contributed by atoms with Gasteiger partial charge in [-0.25, -0.2) is 4.98 Å². The van der Waals surface area contributed by atoms with Crippen molar-refractivity contribution in [3.8, 4) is 0 Å². The van der Waals surface area contributed by atoms with E-state index in [9.17, 15) is 0 Å². The molecule has 4 rings (SSSR count). The number of aromatic nitrogens is 1. The zero-order valence-corrected chi connectivity index (χ0v) is 21.7. The molecule has 0 bridgehead atoms. The fourth-order valence-corrected chi connectivity index (χ4v) is 5.36. The Hall–Kier alpha value is -2.97. The van der Waals surface area contributed by atoms with Crippen LogP contribution < -0.4 is 4.90 Å². The molecule has 2 heterocycles. The maximum absolute atomic E-state index is 4.59. The van der Waals surface area contributed by atoms with Gasteiger partial charge in [-0.3, -0.25) is 0 Å². The summed E-state index contributed by atoms with van der Waals surface area (Å²) in [7, 11) is 0. The van der Waals surface area contributed by atoms with Crippen molar-refractivity contribution in [3.05, 3.63) is 60.2 Å². The van der Waals surface area contributed by atoms with Crippen LogP contribution in [0.25, 0.3) is 9.53 Å². The number of thiazole rings is 1. The molecule has 0 fully saturated rings. The van der Waals surface area contributed by atoms with Gasteiger partial charge in [-0.15, -0.1) is 20.5 Å². The van der Waals surface area contributed by atoms with E-state index < -0.39 is 0 Å². The van der Waals surface area contributed by atoms with Gasteiger partial charge in [0.1, 0.15) is 9.83 Å². The predicted octanol–water partition coefficient (Wildman–Crippen LogP) is 9.62. The van der Waals surface area contributed by atoms with Crippen molar-refractivity contribution in [2.75, 3.05) is 18.0 Å². The summed E-state index contributed by atoms with van der Waals surface area (Å²) >= 11 is 3.03. The smallest absolute Gasteiger partial charge is 0.231 e. The Labute approximate surface area is 209 Å². The highest BCUT2D eigenvalue weighted by molar-refractivity contribution is 7.30. The number of fused-ring (bicyclic) bond motifs is 1. The van der Waals surface area contributed by atoms with Crippen LogP contribution in [0.3, 0.4) is 0 Å². The lowest BCUT2D eigenvalue weighted by molar-refractivity contribution is 0.587. The molecule has 8 heteroatoms. The highest BCUT2D eigenvalue weighted by Crippen LogP contribution is 2.39. The zero-order chi connectivity index (χ0) is 23.9. The van der Waals surface area contributed by atoms with E-state index in [-0.39, 0.29) is 0 Å². The first kappa shape index (κ1) is 24.2. The molecular formula is C26H30N6S2. The number of aryl methyl sites for hydroxylation is 1. The molecule has 4 aromatic rings. The van der Waals surface area contributed by atoms with E-state index in [2.05, 4.69) is 82.3 Å². The summed E-state index contributed by atoms with van der Waals surface area (Å²) in [4.78, 5) is 7.80. The second-order valence-corrected chi connectivity index (χ2v) is 10.5. The fraction of sp³-hybridized carbons (Fsp3) is 0.346. The van der Waals surface area contributed by atoms with E-state index in [1.54, 1.807) is 0 Å². The van der Waals surface area contributed by atoms with Gasteiger partial charge in [0.2, 0.25) is 5.13 Å². The Morgan fingerprint density at radius 2 is 1.47 bits per heavy atom. The molecule has 0 saturated carbocycles. The molecule has 0 spiro atoms. The summed E-state index contributed by atoms with van der Waals surface area (Å²) in [5.74, 6) is 0.715. The summed E-state index contributed by atoms with van der Waals surface area (Å²) in [6.07, 6.45) is 2.30. The number of nitrogens with zero attached hydrogens (tertiary/aromatic N) is 6. The van der Waals surface area contributed by atoms with Gasteiger partial charge in [0.25, 0.3) is 0 Å². The molecule has 0 aliphatic rings. The van der Waals surface area contributed by atoms with Crippen LogP contribution in [0.1, 0.15) is 39.7 Å². The molecule has 2 aromatic heterocycles. The number of thiophene rings is 1. The summed E-state index contributed by atoms with van der Waals surface area (Å²) < 4.78 is 1.05. The highest BCUT2D eigenvalue weighted by Gasteiger charge is 2.08. The van der Waals surface area contributed by atoms with Crippen LogP contribution in [0.15, 0.2) is 75.1 Å². The van der Waals surface area contributed by atoms with Crippen molar-refractivity contribution < 1.29 is 0 Å². The maximum atomic E-state index is 4.59. The van der Waals surface area contributed by atoms with E-state index in [0.717, 1.165) is 45.4 Å². The van der Waals surface area contributed by atoms with E-state index in [1.807, 2.05) is 30.3 Å². The van der Waals surface area contributed by atoms with Gasteiger partial charge in [0.15, 0.2) is 0 Å². The standard InChI is InChI=1S/C26H30N6S2/c1-5-32(6-2)22-15-13-21(14-16-22)29-31-26-27-25-23(33-26)17-24(34-25)30-28-20-11-9-19(10-12-20)8-7-18(3)4/h9-18H,5-8H2,1-4H3. The van der Waals surface area contributed by atoms with E-state index in [4.69, 9.17) is 0 Å². The van der Waals surface area contributed by atoms with Gasteiger partial charge < -0.3 is 4.90 Å². The van der Waals surface area contributed by atoms with E-state index in [1.165, 1.54) is 40.3 Å². The Kier molecular flexibility index (Phi) is 8.13. The Bertz CT molecular complexity index is 1220. The third kappa shape index (κ3) is 6.33. The molecular weight excluding hydrogens is 460 g/mol. The maximum Gasteiger partial charge on any atom is 0.231 e. The van der Waals surface area contributed by atoms with Crippen molar-refractivity contribution in [3.63, 3.8) is 0 Å². The number of anilines is 1. The van der Waals surface area contributed by atoms with Crippen LogP contribution >= 0.6 is 22.7 Å². The average Bonchev–Trinajstić information content (AvgIpc) is 3.41. The topological polar surface area (TPSA) is 65.6 Å². The minimum atomic E-state index is 0.648. The lowest BCUT2D eigenvalue weighted by Gasteiger charge is -2.20. The molecule has 34 heavy (non-hydrogen) atoms. The Morgan fingerprint density at radius 3 is 2.09 bits per heavy atom. The number of benzene rings is 2. The quantitative estimate of drug-likeness (QED) is 0.208. The van der Waals surface area contributed by atoms with Crippen LogP contribution in [0.4, 0.5) is 27.2 Å². The molecule has 0 unspecified atom stereocenters. The van der Waals surface area contributed by atoms with Crippen LogP contribution in [-0.2, 0) is 6.42 Å². The summed E-state index contributed by atoms with van der Waals surface area (Å²) in [6.45, 7) is 10.8. The monoisotopic (exact) mass is 490 g/mol. The molecule has 0 aliphatic carbocycles. The average molecular weight is 491 g/mol. The highest BCUT2D eigenvalue weighted by atomic mass is 32.1. The predicted molar refractivity (Wildman–Crippen MR) is 145 cm³/mol. The molecule has 176 valence electrons. The van der Waals surface area contributed by atoms with Gasteiger partial charge in [-0.05, 0) is 80.6 Å². The normalized spacial score (nSPS) is 12.0. The zero-order valence-electron chi connectivity index (χ0n) is 20.1. The van der Waals surface area contributed by atoms with Crippen molar-refractivity contribution in [2.24, 2.45) is 26.4 Å². The molecule has 0 amide bonds. The van der Waals surface area contributed by atoms with Crippen molar-refractivity contribution in [1.82, 2.24) is 4.98 Å². The first-order chi connectivity index (χ1) is 16.5. The third-order valence-electron chi connectivity index (χ3n) is 5.51. The molecule has 0 aliphatic heterocycles. The first-order valence-corrected chi connectivity index (χ1v) is 13.3. The van der Waals surface area contributed by atoms with Gasteiger partial charge in [0, 0.05) is 18.8 Å². The number of azo groups is 2. The Morgan fingerprint density at radius 1 is 0.824 bits per heavy atom. The van der Waals surface area contributed by atoms with Crippen molar-refractivity contribution in [2.45, 2.75) is 40.5 Å². The van der Waals surface area contributed by atoms with Crippen molar-refractivity contribution >= 4 is 59.4 Å². The summed E-state index contributed by atoms with van der Waals surface area (Å²) in [5, 5.41) is 19.0. The van der Waals surface area contributed by atoms with Gasteiger partial charge in [0.05, 0.1) is 16.1 Å². The number of rotatable bonds is 10. The van der Waals surface area contributed by atoms with Crippen molar-refractivity contribution in [1.29, 1.82) is 0 Å². The number of hydrogen-bond acceptors (Lipinski definition) is 8. The largest absolute Gasteiger partial charge is 0.372 e. The SMILES string of the molecule is CCN(CC)c1ccc(N=Nc2nc3sc(N=Nc4ccc(CCC(C)C)cc4)cc3s2)cc1. The minimum absolute atomic E-state index is 0.648. The second kappa shape index (κ2) is 11.4. The molecule has 0 N–H and O–H groups in total. The minimum Gasteiger partial charge on any atom is -0.372 e. The molecule has 0 atom stereocenters. The van der Waals surface area contributed by atoms with Crippen LogP contribution in [0.2, 0.25) is 0 Å². The number of hydrogen-bond donors (Lipinski definition) is 0. The Balaban J connectivity index is 1.38. The van der Waals surface area contributed by atoms with E-state index in [0.29, 0.717) is 11.0 Å². The first-order valence-electron chi connectivity index (χ1n) is 11.7. The third-order valence-corrected chi connectivity index (χ3v) is 7.43. The van der Waals surface area contributed by atoms with Gasteiger partial charge in [-0.1, -0.05) is 48.7 Å². The van der Waals surface area contributed by atoms with Gasteiger partial charge in [-0.2, -0.15) is 0 Å². The van der Waals surface area contributed by atoms with E-state index >= 15 is 0 Å². The summed E-state index contributed by atoms with van der Waals surface area (Å²) in [6, 6.07) is 18.5. The molecule has 0 radical (unpaired) electrons.